The van der Waals surface area contributed by atoms with Crippen LogP contribution in [-0.4, -0.2) is 20.8 Å². The largest absolute Gasteiger partial charge is 0.410 e. The summed E-state index contributed by atoms with van der Waals surface area (Å²) in [5.41, 5.74) is 0. The summed E-state index contributed by atoms with van der Waals surface area (Å²) in [6.07, 6.45) is 6.45. The van der Waals surface area contributed by atoms with Crippen LogP contribution in [0, 0.1) is 0 Å². The highest BCUT2D eigenvalue weighted by atomic mass is 32.3. The first-order valence-corrected chi connectivity index (χ1v) is 7.85. The number of unbranched alkanes of at least 4 members (excludes halogenated alkanes) is 2. The van der Waals surface area contributed by atoms with Crippen molar-refractivity contribution < 1.29 is 16.2 Å². The van der Waals surface area contributed by atoms with E-state index in [4.69, 9.17) is 3.63 Å². The molecule has 16 heavy (non-hydrogen) atoms. The molecule has 0 fully saturated rings. The summed E-state index contributed by atoms with van der Waals surface area (Å²) in [5.74, 6) is 0. The summed E-state index contributed by atoms with van der Waals surface area (Å²) in [7, 11) is -2.70. The molecular formula is C10H22O4S2. The Hall–Kier alpha value is 0.220. The Labute approximate surface area is 104 Å². The second kappa shape index (κ2) is 9.27. The molecule has 0 saturated carbocycles. The van der Waals surface area contributed by atoms with Gasteiger partial charge in [0.25, 0.3) is 0 Å². The molecule has 0 heterocycles. The van der Waals surface area contributed by atoms with Crippen LogP contribution in [0.5, 0.6) is 0 Å². The number of rotatable bonds is 10. The van der Waals surface area contributed by atoms with E-state index in [1.54, 1.807) is 0 Å². The van der Waals surface area contributed by atoms with Gasteiger partial charge in [0.15, 0.2) is 0 Å². The van der Waals surface area contributed by atoms with Crippen LogP contribution >= 0.6 is 12.0 Å². The lowest BCUT2D eigenvalue weighted by Crippen LogP contribution is -2.08. The average Bonchev–Trinajstić information content (AvgIpc) is 2.26. The molecule has 0 aromatic heterocycles. The van der Waals surface area contributed by atoms with Crippen LogP contribution in [0.1, 0.15) is 52.4 Å². The van der Waals surface area contributed by atoms with Crippen LogP contribution in [0.3, 0.4) is 0 Å². The maximum absolute atomic E-state index is 11.0. The second-order valence-corrected chi connectivity index (χ2v) is 6.20. The Morgan fingerprint density at radius 2 is 1.81 bits per heavy atom. The van der Waals surface area contributed by atoms with Gasteiger partial charge in [0.2, 0.25) is 0 Å². The van der Waals surface area contributed by atoms with Crippen molar-refractivity contribution >= 4 is 22.4 Å². The van der Waals surface area contributed by atoms with Crippen molar-refractivity contribution in [2.45, 2.75) is 57.6 Å². The molecule has 0 bridgehead atoms. The van der Waals surface area contributed by atoms with Crippen molar-refractivity contribution in [3.63, 3.8) is 0 Å². The third-order valence-corrected chi connectivity index (χ3v) is 4.34. The molecule has 0 aromatic rings. The topological polar surface area (TPSA) is 52.6 Å². The van der Waals surface area contributed by atoms with Crippen LogP contribution in [0.25, 0.3) is 0 Å². The van der Waals surface area contributed by atoms with Gasteiger partial charge >= 0.3 is 10.4 Å². The molecule has 0 saturated heterocycles. The van der Waals surface area contributed by atoms with Crippen molar-refractivity contribution in [3.05, 3.63) is 0 Å². The summed E-state index contributed by atoms with van der Waals surface area (Å²) in [4.78, 5) is 0. The van der Waals surface area contributed by atoms with Gasteiger partial charge in [-0.1, -0.05) is 39.5 Å². The quantitative estimate of drug-likeness (QED) is 0.450. The molecule has 0 amide bonds. The van der Waals surface area contributed by atoms with Crippen molar-refractivity contribution in [3.8, 4) is 0 Å². The molecule has 0 aliphatic carbocycles. The highest BCUT2D eigenvalue weighted by Gasteiger charge is 2.16. The number of hydrogen-bond acceptors (Lipinski definition) is 5. The van der Waals surface area contributed by atoms with E-state index >= 15 is 0 Å². The lowest BCUT2D eigenvalue weighted by molar-refractivity contribution is 0.342. The first-order chi connectivity index (χ1) is 7.55. The van der Waals surface area contributed by atoms with Gasteiger partial charge in [0.1, 0.15) is 0 Å². The van der Waals surface area contributed by atoms with E-state index in [0.29, 0.717) is 0 Å². The van der Waals surface area contributed by atoms with Crippen molar-refractivity contribution in [1.29, 1.82) is 0 Å². The van der Waals surface area contributed by atoms with E-state index in [9.17, 15) is 8.42 Å². The molecule has 98 valence electrons. The van der Waals surface area contributed by atoms with E-state index in [-0.39, 0.29) is 5.25 Å². The summed E-state index contributed by atoms with van der Waals surface area (Å²) < 4.78 is 30.9. The molecule has 0 N–H and O–H groups in total. The van der Waals surface area contributed by atoms with Gasteiger partial charge in [-0.2, -0.15) is 12.0 Å². The normalized spacial score (nSPS) is 13.9. The molecule has 0 rings (SSSR count). The second-order valence-electron chi connectivity index (χ2n) is 3.65. The van der Waals surface area contributed by atoms with Crippen LogP contribution < -0.4 is 0 Å². The summed E-state index contributed by atoms with van der Waals surface area (Å²) in [6, 6.07) is 0. The smallest absolute Gasteiger partial charge is 0.251 e. The van der Waals surface area contributed by atoms with E-state index in [0.717, 1.165) is 44.8 Å². The van der Waals surface area contributed by atoms with E-state index in [2.05, 4.69) is 18.0 Å². The lowest BCUT2D eigenvalue weighted by atomic mass is 10.1. The zero-order valence-electron chi connectivity index (χ0n) is 10.3. The molecule has 4 nitrogen and oxygen atoms in total. The van der Waals surface area contributed by atoms with Gasteiger partial charge in [-0.3, -0.25) is 4.18 Å². The predicted molar refractivity (Wildman–Crippen MR) is 67.4 cm³/mol. The van der Waals surface area contributed by atoms with Crippen LogP contribution in [0.2, 0.25) is 0 Å². The minimum absolute atomic E-state index is 0.237. The highest BCUT2D eigenvalue weighted by Crippen LogP contribution is 2.25. The van der Waals surface area contributed by atoms with Gasteiger partial charge < -0.3 is 0 Å². The molecule has 1 unspecified atom stereocenters. The Kier molecular flexibility index (Phi) is 9.40. The SMILES string of the molecule is CCCCCC(CCC)SOS(=O)(=O)OC. The standard InChI is InChI=1S/C10H22O4S2/c1-4-6-7-9-10(8-5-2)15-14-16(11,12)13-3/h10H,4-9H2,1-3H3. The molecule has 0 aliphatic rings. The Bertz CT molecular complexity index is 252. The van der Waals surface area contributed by atoms with Crippen molar-refractivity contribution in [1.82, 2.24) is 0 Å². The molecule has 1 atom stereocenters. The third-order valence-electron chi connectivity index (χ3n) is 2.20. The molecule has 0 aliphatic heterocycles. The average molecular weight is 270 g/mol. The fraction of sp³-hybridized carbons (Fsp3) is 1.00. The van der Waals surface area contributed by atoms with Crippen LogP contribution in [0.4, 0.5) is 0 Å². The third kappa shape index (κ3) is 8.38. The Balaban J connectivity index is 3.93. The van der Waals surface area contributed by atoms with Crippen LogP contribution in [-0.2, 0) is 18.2 Å². The minimum atomic E-state index is -3.80. The molecule has 0 radical (unpaired) electrons. The van der Waals surface area contributed by atoms with Gasteiger partial charge in [-0.05, 0) is 12.8 Å². The van der Waals surface area contributed by atoms with Crippen molar-refractivity contribution in [2.75, 3.05) is 7.11 Å². The van der Waals surface area contributed by atoms with E-state index in [1.807, 2.05) is 0 Å². The highest BCUT2D eigenvalue weighted by molar-refractivity contribution is 8.03. The van der Waals surface area contributed by atoms with Crippen LogP contribution in [0.15, 0.2) is 0 Å². The molecular weight excluding hydrogens is 248 g/mol. The Morgan fingerprint density at radius 3 is 2.31 bits per heavy atom. The first-order valence-electron chi connectivity index (χ1n) is 5.71. The summed E-state index contributed by atoms with van der Waals surface area (Å²) in [5, 5.41) is 0.237. The Morgan fingerprint density at radius 1 is 1.12 bits per heavy atom. The van der Waals surface area contributed by atoms with Gasteiger partial charge in [-0.25, -0.2) is 0 Å². The monoisotopic (exact) mass is 270 g/mol. The maximum Gasteiger partial charge on any atom is 0.410 e. The molecule has 6 heteroatoms. The summed E-state index contributed by atoms with van der Waals surface area (Å²) in [6.45, 7) is 4.23. The van der Waals surface area contributed by atoms with Crippen molar-refractivity contribution in [2.24, 2.45) is 0 Å². The van der Waals surface area contributed by atoms with Gasteiger partial charge in [0.05, 0.1) is 7.11 Å². The zero-order valence-corrected chi connectivity index (χ0v) is 11.9. The minimum Gasteiger partial charge on any atom is -0.251 e. The predicted octanol–water partition coefficient (Wildman–Crippen LogP) is 3.29. The fourth-order valence-corrected chi connectivity index (χ4v) is 2.96. The number of hydrogen-bond donors (Lipinski definition) is 0. The van der Waals surface area contributed by atoms with Gasteiger partial charge in [-0.15, -0.1) is 0 Å². The lowest BCUT2D eigenvalue weighted by Gasteiger charge is -2.13. The fourth-order valence-electron chi connectivity index (χ4n) is 1.32. The van der Waals surface area contributed by atoms with E-state index < -0.39 is 10.4 Å². The molecule has 0 aromatic carbocycles. The zero-order chi connectivity index (χ0) is 12.4. The maximum atomic E-state index is 11.0. The van der Waals surface area contributed by atoms with Gasteiger partial charge in [0, 0.05) is 17.3 Å². The molecule has 0 spiro atoms. The first kappa shape index (κ1) is 16.2. The van der Waals surface area contributed by atoms with E-state index in [1.165, 1.54) is 12.8 Å². The summed E-state index contributed by atoms with van der Waals surface area (Å²) >= 11 is 1.02.